The second-order valence-electron chi connectivity index (χ2n) is 1.05. The number of oxazole rings is 1. The third-order valence-electron chi connectivity index (χ3n) is 0.556. The van der Waals surface area contributed by atoms with Gasteiger partial charge in [-0.05, 0) is 0 Å². The van der Waals surface area contributed by atoms with Crippen molar-refractivity contribution in [1.29, 1.82) is 0 Å². The Morgan fingerprint density at radius 2 is 2.67 bits per heavy atom. The molecule has 0 aliphatic rings. The fraction of sp³-hybridized carbons (Fsp3) is 0. The van der Waals surface area contributed by atoms with Crippen LogP contribution >= 0.6 is 0 Å². The Labute approximate surface area is 36.6 Å². The van der Waals surface area contributed by atoms with E-state index in [1.54, 1.807) is 20.3 Å². The van der Waals surface area contributed by atoms with Gasteiger partial charge in [0, 0.05) is 0 Å². The summed E-state index contributed by atoms with van der Waals surface area (Å²) in [5.74, 6) is 0.718. The van der Waals surface area contributed by atoms with Crippen molar-refractivity contribution in [2.75, 3.05) is 0 Å². The van der Waals surface area contributed by atoms with Crippen molar-refractivity contribution >= 4 is 13.6 Å². The zero-order chi connectivity index (χ0) is 4.41. The van der Waals surface area contributed by atoms with Crippen LogP contribution in [0.25, 0.3) is 0 Å². The van der Waals surface area contributed by atoms with Gasteiger partial charge in [-0.3, -0.25) is 0 Å². The maximum Gasteiger partial charge on any atom is 0.212 e. The van der Waals surface area contributed by atoms with E-state index in [1.807, 2.05) is 0 Å². The van der Waals surface area contributed by atoms with E-state index in [-0.39, 0.29) is 0 Å². The lowest BCUT2D eigenvalue weighted by molar-refractivity contribution is 0.596. The average molecular weight is 80.9 g/mol. The van der Waals surface area contributed by atoms with E-state index in [4.69, 9.17) is 4.42 Å². The minimum Gasteiger partial charge on any atom is -0.460 e. The molecule has 0 aliphatic carbocycles. The molecule has 0 atom stereocenters. The molecule has 0 spiro atoms. The Morgan fingerprint density at radius 3 is 2.83 bits per heavy atom. The minimum atomic E-state index is 0.718. The van der Waals surface area contributed by atoms with E-state index < -0.39 is 0 Å². The lowest BCUT2D eigenvalue weighted by atomic mass is 10.2. The molecule has 0 saturated heterocycles. The van der Waals surface area contributed by atoms with E-state index >= 15 is 0 Å². The second kappa shape index (κ2) is 1.16. The molecular weight excluding hydrogens is 76.9 g/mol. The third kappa shape index (κ3) is 0.430. The van der Waals surface area contributed by atoms with E-state index in [9.17, 15) is 0 Å². The van der Waals surface area contributed by atoms with Gasteiger partial charge in [0.2, 0.25) is 7.85 Å². The van der Waals surface area contributed by atoms with Crippen molar-refractivity contribution in [3.63, 3.8) is 0 Å². The summed E-state index contributed by atoms with van der Waals surface area (Å²) in [5.41, 5.74) is 0. The zero-order valence-electron chi connectivity index (χ0n) is 3.51. The predicted molar refractivity (Wildman–Crippen MR) is 24.7 cm³/mol. The molecule has 0 saturated carbocycles. The molecule has 0 bridgehead atoms. The number of nitrogens with zero attached hydrogens (tertiary/aromatic N) is 1. The molecular formula is C3H4BNO. The minimum absolute atomic E-state index is 0.718. The van der Waals surface area contributed by atoms with Crippen LogP contribution in [0.5, 0.6) is 0 Å². The van der Waals surface area contributed by atoms with Crippen LogP contribution in [0.15, 0.2) is 16.9 Å². The summed E-state index contributed by atoms with van der Waals surface area (Å²) in [5, 5.41) is 0. The Hall–Kier alpha value is -0.725. The second-order valence-corrected chi connectivity index (χ2v) is 1.05. The summed E-state index contributed by atoms with van der Waals surface area (Å²) < 4.78 is 4.72. The number of rotatable bonds is 0. The molecule has 0 aromatic carbocycles. The van der Waals surface area contributed by atoms with Crippen molar-refractivity contribution in [1.82, 2.24) is 4.98 Å². The molecule has 0 unspecified atom stereocenters. The Bertz CT molecular complexity index is 114. The normalized spacial score (nSPS) is 8.67. The molecule has 0 fully saturated rings. The molecule has 6 heavy (non-hydrogen) atoms. The smallest absolute Gasteiger partial charge is 0.212 e. The maximum atomic E-state index is 4.72. The Kier molecular flexibility index (Phi) is 0.672. The maximum absolute atomic E-state index is 4.72. The lowest BCUT2D eigenvalue weighted by Gasteiger charge is -1.67. The van der Waals surface area contributed by atoms with Crippen molar-refractivity contribution in [3.05, 3.63) is 12.5 Å². The highest BCUT2D eigenvalue weighted by molar-refractivity contribution is 6.28. The summed E-state index contributed by atoms with van der Waals surface area (Å²) >= 11 is 0. The summed E-state index contributed by atoms with van der Waals surface area (Å²) in [6, 6.07) is 0. The van der Waals surface area contributed by atoms with Gasteiger partial charge in [0.1, 0.15) is 12.1 Å². The van der Waals surface area contributed by atoms with Crippen LogP contribution in [0.2, 0.25) is 0 Å². The molecule has 30 valence electrons. The summed E-state index contributed by atoms with van der Waals surface area (Å²) in [7, 11) is 1.81. The van der Waals surface area contributed by atoms with Crippen molar-refractivity contribution in [2.24, 2.45) is 0 Å². The molecule has 1 aromatic rings. The summed E-state index contributed by atoms with van der Waals surface area (Å²) in [6.07, 6.45) is 3.17. The third-order valence-corrected chi connectivity index (χ3v) is 0.556. The monoisotopic (exact) mass is 81.0 g/mol. The van der Waals surface area contributed by atoms with Crippen molar-refractivity contribution in [3.8, 4) is 0 Å². The van der Waals surface area contributed by atoms with Gasteiger partial charge in [0.05, 0.1) is 6.20 Å². The van der Waals surface area contributed by atoms with Crippen LogP contribution in [-0.4, -0.2) is 12.8 Å². The first-order chi connectivity index (χ1) is 2.89. The number of hydrogen-bond acceptors (Lipinski definition) is 2. The average Bonchev–Trinajstić information content (AvgIpc) is 1.86. The van der Waals surface area contributed by atoms with Gasteiger partial charge in [-0.1, -0.05) is 0 Å². The van der Waals surface area contributed by atoms with Crippen molar-refractivity contribution < 1.29 is 4.42 Å². The summed E-state index contributed by atoms with van der Waals surface area (Å²) in [6.45, 7) is 0. The van der Waals surface area contributed by atoms with Crippen LogP contribution in [0.3, 0.4) is 0 Å². The van der Waals surface area contributed by atoms with Crippen LogP contribution in [0.4, 0.5) is 0 Å². The van der Waals surface area contributed by atoms with E-state index in [0.717, 1.165) is 5.79 Å². The molecule has 0 N–H and O–H groups in total. The molecule has 0 amide bonds. The quantitative estimate of drug-likeness (QED) is 0.372. The topological polar surface area (TPSA) is 26.0 Å². The first-order valence-electron chi connectivity index (χ1n) is 1.75. The van der Waals surface area contributed by atoms with Crippen LogP contribution < -0.4 is 5.79 Å². The highest BCUT2D eigenvalue weighted by Crippen LogP contribution is 1.68. The molecule has 0 radical (unpaired) electrons. The number of aromatic nitrogens is 1. The highest BCUT2D eigenvalue weighted by Gasteiger charge is 1.77. The van der Waals surface area contributed by atoms with Crippen LogP contribution in [-0.2, 0) is 0 Å². The first kappa shape index (κ1) is 3.46. The van der Waals surface area contributed by atoms with Gasteiger partial charge >= 0.3 is 0 Å². The fourth-order valence-corrected chi connectivity index (χ4v) is 0.295. The van der Waals surface area contributed by atoms with E-state index in [0.29, 0.717) is 0 Å². The molecule has 1 rings (SSSR count). The molecule has 2 nitrogen and oxygen atoms in total. The molecule has 0 aliphatic heterocycles. The molecule has 1 aromatic heterocycles. The van der Waals surface area contributed by atoms with Crippen molar-refractivity contribution in [2.45, 2.75) is 0 Å². The standard InChI is InChI=1S/C3H4BNO/c4-3-5-1-2-6-3/h1-2H,4H2. The molecule has 1 heterocycles. The van der Waals surface area contributed by atoms with Gasteiger partial charge in [0.25, 0.3) is 0 Å². The largest absolute Gasteiger partial charge is 0.460 e. The fourth-order valence-electron chi connectivity index (χ4n) is 0.295. The van der Waals surface area contributed by atoms with Crippen LogP contribution in [0, 0.1) is 0 Å². The van der Waals surface area contributed by atoms with Gasteiger partial charge in [-0.2, -0.15) is 0 Å². The zero-order valence-corrected chi connectivity index (χ0v) is 3.51. The van der Waals surface area contributed by atoms with Gasteiger partial charge in [-0.15, -0.1) is 0 Å². The Balaban J connectivity index is 3.05. The van der Waals surface area contributed by atoms with E-state index in [2.05, 4.69) is 4.98 Å². The molecule has 3 heteroatoms. The van der Waals surface area contributed by atoms with Crippen LogP contribution in [0.1, 0.15) is 0 Å². The SMILES string of the molecule is Bc1ncco1. The van der Waals surface area contributed by atoms with Gasteiger partial charge in [0.15, 0.2) is 0 Å². The predicted octanol–water partition coefficient (Wildman–Crippen LogP) is -1.07. The summed E-state index contributed by atoms with van der Waals surface area (Å²) in [4.78, 5) is 3.75. The number of hydrogen-bond donors (Lipinski definition) is 0. The van der Waals surface area contributed by atoms with Gasteiger partial charge in [-0.25, -0.2) is 4.98 Å². The lowest BCUT2D eigenvalue weighted by Crippen LogP contribution is -1.98. The van der Waals surface area contributed by atoms with E-state index in [1.165, 1.54) is 0 Å². The highest BCUT2D eigenvalue weighted by atomic mass is 16.3. The first-order valence-corrected chi connectivity index (χ1v) is 1.75. The van der Waals surface area contributed by atoms with Gasteiger partial charge < -0.3 is 4.42 Å². The Morgan fingerprint density at radius 1 is 1.83 bits per heavy atom.